The van der Waals surface area contributed by atoms with E-state index >= 15 is 0 Å². The zero-order valence-electron chi connectivity index (χ0n) is 16.9. The topological polar surface area (TPSA) is 75.7 Å². The second-order valence-corrected chi connectivity index (χ2v) is 8.09. The lowest BCUT2D eigenvalue weighted by Crippen LogP contribution is -2.44. The highest BCUT2D eigenvalue weighted by Crippen LogP contribution is 2.23. The van der Waals surface area contributed by atoms with E-state index < -0.39 is 5.97 Å². The Labute approximate surface area is 166 Å². The van der Waals surface area contributed by atoms with Gasteiger partial charge in [0.2, 0.25) is 5.91 Å². The second kappa shape index (κ2) is 11.0. The molecule has 0 saturated heterocycles. The van der Waals surface area contributed by atoms with Gasteiger partial charge in [0.05, 0.1) is 11.3 Å². The monoisotopic (exact) mass is 394 g/mol. The smallest absolute Gasteiger partial charge is 0.339 e. The van der Waals surface area contributed by atoms with Crippen molar-refractivity contribution in [1.82, 2.24) is 10.2 Å². The third kappa shape index (κ3) is 7.62. The molecule has 1 N–H and O–H groups in total. The minimum Gasteiger partial charge on any atom is -0.452 e. The number of hydrogen-bond donors (Lipinski definition) is 1. The van der Waals surface area contributed by atoms with Crippen molar-refractivity contribution in [2.45, 2.75) is 64.6 Å². The van der Waals surface area contributed by atoms with Gasteiger partial charge in [-0.05, 0) is 53.7 Å². The fourth-order valence-electron chi connectivity index (χ4n) is 2.72. The number of thioether (sulfide) groups is 1. The summed E-state index contributed by atoms with van der Waals surface area (Å²) in [5.74, 6) is -0.689. The number of hydrogen-bond acceptors (Lipinski definition) is 5. The number of carbonyl (C=O) groups excluding carboxylic acids is 3. The van der Waals surface area contributed by atoms with Gasteiger partial charge in [-0.3, -0.25) is 9.59 Å². The van der Waals surface area contributed by atoms with Crippen LogP contribution in [0.25, 0.3) is 0 Å². The van der Waals surface area contributed by atoms with Crippen molar-refractivity contribution in [3.8, 4) is 0 Å². The molecule has 0 aliphatic heterocycles. The number of nitrogens with zero attached hydrogens (tertiary/aromatic N) is 1. The van der Waals surface area contributed by atoms with E-state index in [0.717, 1.165) is 0 Å². The molecule has 0 aliphatic rings. The van der Waals surface area contributed by atoms with Gasteiger partial charge in [0.25, 0.3) is 5.91 Å². The molecule has 0 atom stereocenters. The summed E-state index contributed by atoms with van der Waals surface area (Å²) in [7, 11) is 0. The molecule has 150 valence electrons. The third-order valence-corrected chi connectivity index (χ3v) is 4.72. The van der Waals surface area contributed by atoms with Crippen molar-refractivity contribution >= 4 is 29.5 Å². The van der Waals surface area contributed by atoms with Crippen LogP contribution in [0.3, 0.4) is 0 Å². The third-order valence-electron chi connectivity index (χ3n) is 3.64. The summed E-state index contributed by atoms with van der Waals surface area (Å²) in [5.41, 5.74) is 0.355. The number of amides is 2. The van der Waals surface area contributed by atoms with E-state index in [9.17, 15) is 14.4 Å². The summed E-state index contributed by atoms with van der Waals surface area (Å²) < 4.78 is 5.24. The highest BCUT2D eigenvalue weighted by Gasteiger charge is 2.22. The van der Waals surface area contributed by atoms with Crippen molar-refractivity contribution in [3.63, 3.8) is 0 Å². The molecular weight excluding hydrogens is 364 g/mol. The Balaban J connectivity index is 2.73. The van der Waals surface area contributed by atoms with Crippen molar-refractivity contribution < 1.29 is 19.1 Å². The molecule has 0 fully saturated rings. The lowest BCUT2D eigenvalue weighted by atomic mass is 10.2. The van der Waals surface area contributed by atoms with Gasteiger partial charge >= 0.3 is 5.97 Å². The number of carbonyl (C=O) groups is 3. The highest BCUT2D eigenvalue weighted by molar-refractivity contribution is 8.00. The molecule has 1 aromatic rings. The first-order valence-electron chi connectivity index (χ1n) is 9.13. The first-order chi connectivity index (χ1) is 12.6. The zero-order valence-corrected chi connectivity index (χ0v) is 17.8. The summed E-state index contributed by atoms with van der Waals surface area (Å²) in [5, 5.41) is 2.81. The molecule has 0 spiro atoms. The standard InChI is InChI=1S/C20H30N2O4S/c1-13(2)21-18(23)12-27-17-10-8-7-9-16(17)20(25)26-11-19(24)22(14(3)4)15(5)6/h7-10,13-15H,11-12H2,1-6H3,(H,21,23). The summed E-state index contributed by atoms with van der Waals surface area (Å²) in [6, 6.07) is 7.04. The fourth-order valence-corrected chi connectivity index (χ4v) is 3.57. The van der Waals surface area contributed by atoms with E-state index in [1.165, 1.54) is 11.8 Å². The van der Waals surface area contributed by atoms with Crippen LogP contribution in [0.15, 0.2) is 29.2 Å². The van der Waals surface area contributed by atoms with Gasteiger partial charge in [-0.15, -0.1) is 11.8 Å². The molecule has 2 amide bonds. The van der Waals surface area contributed by atoms with Crippen LogP contribution in [0.2, 0.25) is 0 Å². The van der Waals surface area contributed by atoms with Crippen LogP contribution in [-0.2, 0) is 14.3 Å². The van der Waals surface area contributed by atoms with E-state index in [2.05, 4.69) is 5.32 Å². The first-order valence-corrected chi connectivity index (χ1v) is 10.1. The zero-order chi connectivity index (χ0) is 20.6. The number of ether oxygens (including phenoxy) is 1. The van der Waals surface area contributed by atoms with E-state index in [0.29, 0.717) is 10.5 Å². The summed E-state index contributed by atoms with van der Waals surface area (Å²) in [4.78, 5) is 39.0. The Kier molecular flexibility index (Phi) is 9.35. The Bertz CT molecular complexity index is 651. The largest absolute Gasteiger partial charge is 0.452 e. The van der Waals surface area contributed by atoms with Gasteiger partial charge < -0.3 is 15.0 Å². The van der Waals surface area contributed by atoms with Crippen LogP contribution in [0.5, 0.6) is 0 Å². The van der Waals surface area contributed by atoms with Gasteiger partial charge in [-0.25, -0.2) is 4.79 Å². The predicted molar refractivity (Wildman–Crippen MR) is 108 cm³/mol. The maximum absolute atomic E-state index is 12.4. The van der Waals surface area contributed by atoms with Crippen LogP contribution in [0.4, 0.5) is 0 Å². The summed E-state index contributed by atoms with van der Waals surface area (Å²) in [6.45, 7) is 11.2. The highest BCUT2D eigenvalue weighted by atomic mass is 32.2. The Morgan fingerprint density at radius 2 is 1.63 bits per heavy atom. The average Bonchev–Trinajstić information content (AvgIpc) is 2.56. The molecule has 0 bridgehead atoms. The lowest BCUT2D eigenvalue weighted by Gasteiger charge is -2.30. The fraction of sp³-hybridized carbons (Fsp3) is 0.550. The van der Waals surface area contributed by atoms with Gasteiger partial charge in [0.1, 0.15) is 0 Å². The molecule has 6 nitrogen and oxygen atoms in total. The van der Waals surface area contributed by atoms with E-state index in [-0.39, 0.29) is 42.3 Å². The molecule has 0 unspecified atom stereocenters. The Hall–Kier alpha value is -2.02. The van der Waals surface area contributed by atoms with Crippen LogP contribution < -0.4 is 5.32 Å². The normalized spacial score (nSPS) is 11.0. The van der Waals surface area contributed by atoms with Gasteiger partial charge in [0, 0.05) is 23.0 Å². The van der Waals surface area contributed by atoms with E-state index in [1.807, 2.05) is 41.5 Å². The van der Waals surface area contributed by atoms with Crippen molar-refractivity contribution in [2.75, 3.05) is 12.4 Å². The molecule has 1 rings (SSSR count). The molecule has 0 radical (unpaired) electrons. The number of nitrogens with one attached hydrogen (secondary N) is 1. The molecule has 0 aliphatic carbocycles. The summed E-state index contributed by atoms with van der Waals surface area (Å²) >= 11 is 1.27. The van der Waals surface area contributed by atoms with Crippen LogP contribution in [0, 0.1) is 0 Å². The number of esters is 1. The van der Waals surface area contributed by atoms with Crippen LogP contribution >= 0.6 is 11.8 Å². The van der Waals surface area contributed by atoms with Crippen LogP contribution in [-0.4, -0.2) is 53.2 Å². The molecule has 0 saturated carbocycles. The van der Waals surface area contributed by atoms with Crippen molar-refractivity contribution in [2.24, 2.45) is 0 Å². The molecule has 7 heteroatoms. The molecule has 27 heavy (non-hydrogen) atoms. The maximum Gasteiger partial charge on any atom is 0.339 e. The lowest BCUT2D eigenvalue weighted by molar-refractivity contribution is -0.138. The van der Waals surface area contributed by atoms with Gasteiger partial charge in [-0.1, -0.05) is 12.1 Å². The molecular formula is C20H30N2O4S. The van der Waals surface area contributed by atoms with E-state index in [1.54, 1.807) is 29.2 Å². The van der Waals surface area contributed by atoms with Crippen LogP contribution in [0.1, 0.15) is 51.9 Å². The molecule has 0 heterocycles. The Morgan fingerprint density at radius 3 is 2.19 bits per heavy atom. The van der Waals surface area contributed by atoms with Gasteiger partial charge in [0.15, 0.2) is 6.61 Å². The SMILES string of the molecule is CC(C)NC(=O)CSc1ccccc1C(=O)OCC(=O)N(C(C)C)C(C)C. The second-order valence-electron chi connectivity index (χ2n) is 7.07. The van der Waals surface area contributed by atoms with Crippen molar-refractivity contribution in [3.05, 3.63) is 29.8 Å². The minimum absolute atomic E-state index is 0.0264. The van der Waals surface area contributed by atoms with Gasteiger partial charge in [-0.2, -0.15) is 0 Å². The molecule has 0 aromatic heterocycles. The van der Waals surface area contributed by atoms with E-state index in [4.69, 9.17) is 4.74 Å². The summed E-state index contributed by atoms with van der Waals surface area (Å²) in [6.07, 6.45) is 0. The number of rotatable bonds is 9. The molecule has 1 aromatic carbocycles. The first kappa shape index (κ1) is 23.0. The predicted octanol–water partition coefficient (Wildman–Crippen LogP) is 3.11. The average molecular weight is 395 g/mol. The Morgan fingerprint density at radius 1 is 1.04 bits per heavy atom. The maximum atomic E-state index is 12.4. The van der Waals surface area contributed by atoms with Crippen molar-refractivity contribution in [1.29, 1.82) is 0 Å². The minimum atomic E-state index is -0.567. The number of benzene rings is 1. The quantitative estimate of drug-likeness (QED) is 0.514.